The van der Waals surface area contributed by atoms with Crippen molar-refractivity contribution in [3.63, 3.8) is 0 Å². The van der Waals surface area contributed by atoms with Crippen molar-refractivity contribution in [3.05, 3.63) is 42.9 Å². The van der Waals surface area contributed by atoms with Crippen LogP contribution in [0.25, 0.3) is 32.8 Å². The van der Waals surface area contributed by atoms with E-state index >= 15 is 0 Å². The zero-order chi connectivity index (χ0) is 10.5. The summed E-state index contributed by atoms with van der Waals surface area (Å²) >= 11 is 0. The van der Waals surface area contributed by atoms with Gasteiger partial charge in [-0.2, -0.15) is 0 Å². The van der Waals surface area contributed by atoms with Crippen LogP contribution in [0.4, 0.5) is 0 Å². The summed E-state index contributed by atoms with van der Waals surface area (Å²) in [6.07, 6.45) is 5.39. The molecule has 1 aromatic carbocycles. The largest absolute Gasteiger partial charge is 0.464 e. The van der Waals surface area contributed by atoms with Crippen LogP contribution < -0.4 is 0 Å². The van der Waals surface area contributed by atoms with E-state index < -0.39 is 0 Å². The van der Waals surface area contributed by atoms with Gasteiger partial charge in [0.25, 0.3) is 0 Å². The Morgan fingerprint density at radius 2 is 2.00 bits per heavy atom. The van der Waals surface area contributed by atoms with Gasteiger partial charge in [0.2, 0.25) is 0 Å². The van der Waals surface area contributed by atoms with Gasteiger partial charge in [-0.05, 0) is 24.3 Å². The second-order valence-corrected chi connectivity index (χ2v) is 3.87. The fraction of sp³-hybridized carbons (Fsp3) is 0. The molecule has 3 heterocycles. The minimum absolute atomic E-state index is 0.921. The molecule has 1 N–H and O–H groups in total. The number of benzene rings is 1. The third-order valence-electron chi connectivity index (χ3n) is 2.99. The summed E-state index contributed by atoms with van der Waals surface area (Å²) in [5.41, 5.74) is 3.10. The first-order chi connectivity index (χ1) is 7.93. The Balaban J connectivity index is 2.42. The molecule has 0 unspecified atom stereocenters. The topological polar surface area (TPSA) is 41.8 Å². The smallest absolute Gasteiger partial charge is 0.134 e. The van der Waals surface area contributed by atoms with E-state index in [0.29, 0.717) is 0 Å². The lowest BCUT2D eigenvalue weighted by molar-refractivity contribution is 0.616. The molecule has 4 aromatic rings. The highest BCUT2D eigenvalue weighted by Gasteiger charge is 2.08. The van der Waals surface area contributed by atoms with Gasteiger partial charge < -0.3 is 9.40 Å². The zero-order valence-corrected chi connectivity index (χ0v) is 8.40. The molecule has 4 rings (SSSR count). The zero-order valence-electron chi connectivity index (χ0n) is 8.40. The number of aromatic amines is 1. The van der Waals surface area contributed by atoms with Gasteiger partial charge >= 0.3 is 0 Å². The summed E-state index contributed by atoms with van der Waals surface area (Å²) in [6, 6.07) is 8.06. The average Bonchev–Trinajstić information content (AvgIpc) is 2.91. The molecule has 0 aliphatic heterocycles. The quantitative estimate of drug-likeness (QED) is 0.480. The molecule has 0 fully saturated rings. The number of nitrogens with zero attached hydrogens (tertiary/aromatic N) is 1. The monoisotopic (exact) mass is 208 g/mol. The van der Waals surface area contributed by atoms with Crippen molar-refractivity contribution in [2.45, 2.75) is 0 Å². The average molecular weight is 208 g/mol. The molecule has 76 valence electrons. The van der Waals surface area contributed by atoms with Crippen molar-refractivity contribution in [1.82, 2.24) is 9.97 Å². The van der Waals surface area contributed by atoms with E-state index in [1.807, 2.05) is 36.7 Å². The van der Waals surface area contributed by atoms with Gasteiger partial charge in [-0.25, -0.2) is 0 Å². The van der Waals surface area contributed by atoms with Crippen molar-refractivity contribution < 1.29 is 4.42 Å². The molecule has 0 aliphatic rings. The minimum Gasteiger partial charge on any atom is -0.464 e. The molecule has 3 nitrogen and oxygen atoms in total. The van der Waals surface area contributed by atoms with E-state index in [4.69, 9.17) is 4.42 Å². The maximum atomic E-state index is 5.41. The summed E-state index contributed by atoms with van der Waals surface area (Å²) in [6.45, 7) is 0. The van der Waals surface area contributed by atoms with Crippen LogP contribution in [0.15, 0.2) is 47.3 Å². The molecule has 0 atom stereocenters. The first kappa shape index (κ1) is 7.93. The lowest BCUT2D eigenvalue weighted by Gasteiger charge is -1.92. The van der Waals surface area contributed by atoms with Crippen LogP contribution in [-0.4, -0.2) is 9.97 Å². The number of hydrogen-bond donors (Lipinski definition) is 1. The Bertz CT molecular complexity index is 810. The predicted octanol–water partition coefficient (Wildman–Crippen LogP) is 3.46. The highest BCUT2D eigenvalue weighted by atomic mass is 16.3. The molecule has 0 aliphatic carbocycles. The second-order valence-electron chi connectivity index (χ2n) is 3.87. The fourth-order valence-electron chi connectivity index (χ4n) is 2.30. The first-order valence-corrected chi connectivity index (χ1v) is 5.15. The summed E-state index contributed by atoms with van der Waals surface area (Å²) in [4.78, 5) is 7.48. The lowest BCUT2D eigenvalue weighted by atomic mass is 10.1. The maximum absolute atomic E-state index is 5.41. The number of aromatic nitrogens is 2. The van der Waals surface area contributed by atoms with Gasteiger partial charge in [-0.15, -0.1) is 0 Å². The number of nitrogens with one attached hydrogen (secondary N) is 1. The summed E-state index contributed by atoms with van der Waals surface area (Å²) in [7, 11) is 0. The molecule has 0 saturated carbocycles. The van der Waals surface area contributed by atoms with Crippen LogP contribution in [0, 0.1) is 0 Å². The van der Waals surface area contributed by atoms with E-state index in [0.717, 1.165) is 22.0 Å². The number of hydrogen-bond acceptors (Lipinski definition) is 2. The van der Waals surface area contributed by atoms with Gasteiger partial charge in [0.15, 0.2) is 0 Å². The van der Waals surface area contributed by atoms with Crippen LogP contribution in [0.2, 0.25) is 0 Å². The molecule has 3 aromatic heterocycles. The van der Waals surface area contributed by atoms with Gasteiger partial charge in [0.05, 0.1) is 18.0 Å². The van der Waals surface area contributed by atoms with Crippen LogP contribution >= 0.6 is 0 Å². The van der Waals surface area contributed by atoms with Gasteiger partial charge in [0, 0.05) is 27.9 Å². The highest BCUT2D eigenvalue weighted by Crippen LogP contribution is 2.31. The van der Waals surface area contributed by atoms with E-state index in [9.17, 15) is 0 Å². The van der Waals surface area contributed by atoms with E-state index in [2.05, 4.69) is 9.97 Å². The predicted molar refractivity (Wildman–Crippen MR) is 63.4 cm³/mol. The number of H-pyrrole nitrogens is 1. The highest BCUT2D eigenvalue weighted by molar-refractivity contribution is 6.19. The molecule has 0 radical (unpaired) electrons. The molecule has 16 heavy (non-hydrogen) atoms. The van der Waals surface area contributed by atoms with E-state index in [-0.39, 0.29) is 0 Å². The van der Waals surface area contributed by atoms with Gasteiger partial charge in [-0.1, -0.05) is 0 Å². The third kappa shape index (κ3) is 0.852. The fourth-order valence-corrected chi connectivity index (χ4v) is 2.30. The van der Waals surface area contributed by atoms with Crippen molar-refractivity contribution in [2.24, 2.45) is 0 Å². The number of fused-ring (bicyclic) bond motifs is 5. The normalized spacial score (nSPS) is 11.8. The van der Waals surface area contributed by atoms with Gasteiger partial charge in [0.1, 0.15) is 5.58 Å². The second kappa shape index (κ2) is 2.64. The molecule has 0 bridgehead atoms. The molecule has 3 heteroatoms. The Morgan fingerprint density at radius 3 is 3.00 bits per heavy atom. The number of furan rings is 1. The van der Waals surface area contributed by atoms with Crippen molar-refractivity contribution in [3.8, 4) is 0 Å². The van der Waals surface area contributed by atoms with Crippen LogP contribution in [0.5, 0.6) is 0 Å². The van der Waals surface area contributed by atoms with Crippen molar-refractivity contribution in [2.75, 3.05) is 0 Å². The Labute approximate surface area is 90.7 Å². The summed E-state index contributed by atoms with van der Waals surface area (Å²) < 4.78 is 5.41. The standard InChI is InChI=1S/C13H8N2O/c1-2-12-9(4-6-16-12)13-8-3-5-14-7-11(8)15-10(1)13/h1-7,15H. The molecule has 0 amide bonds. The summed E-state index contributed by atoms with van der Waals surface area (Å²) in [5, 5.41) is 3.55. The van der Waals surface area contributed by atoms with E-state index in [1.54, 1.807) is 6.26 Å². The number of rotatable bonds is 0. The molecule has 0 saturated heterocycles. The molecular weight excluding hydrogens is 200 g/mol. The van der Waals surface area contributed by atoms with E-state index in [1.165, 1.54) is 10.8 Å². The SMILES string of the molecule is c1cc2c(cn1)[nH]c1ccc3occc3c12. The maximum Gasteiger partial charge on any atom is 0.134 e. The van der Waals surface area contributed by atoms with Crippen LogP contribution in [0.3, 0.4) is 0 Å². The molecular formula is C13H8N2O. The van der Waals surface area contributed by atoms with Crippen molar-refractivity contribution >= 4 is 32.8 Å². The van der Waals surface area contributed by atoms with Crippen LogP contribution in [0.1, 0.15) is 0 Å². The Morgan fingerprint density at radius 1 is 1.00 bits per heavy atom. The third-order valence-corrected chi connectivity index (χ3v) is 2.99. The van der Waals surface area contributed by atoms with Gasteiger partial charge in [-0.3, -0.25) is 4.98 Å². The minimum atomic E-state index is 0.921. The lowest BCUT2D eigenvalue weighted by Crippen LogP contribution is -1.69. The summed E-state index contributed by atoms with van der Waals surface area (Å²) in [5.74, 6) is 0. The van der Waals surface area contributed by atoms with Crippen LogP contribution in [-0.2, 0) is 0 Å². The Hall–Kier alpha value is -2.29. The van der Waals surface area contributed by atoms with Crippen molar-refractivity contribution in [1.29, 1.82) is 0 Å². The first-order valence-electron chi connectivity index (χ1n) is 5.15. The Kier molecular flexibility index (Phi) is 1.31. The molecule has 0 spiro atoms. The number of pyridine rings is 1.